The molecule has 1 aliphatic rings. The second-order valence-electron chi connectivity index (χ2n) is 5.12. The molecule has 1 fully saturated rings. The molecule has 108 valence electrons. The third-order valence-corrected chi connectivity index (χ3v) is 3.72. The first-order valence-corrected chi connectivity index (χ1v) is 6.61. The number of rotatable bonds is 2. The average Bonchev–Trinajstić information content (AvgIpc) is 2.93. The van der Waals surface area contributed by atoms with Crippen molar-refractivity contribution in [2.24, 2.45) is 0 Å². The van der Waals surface area contributed by atoms with E-state index >= 15 is 0 Å². The van der Waals surface area contributed by atoms with E-state index in [1.807, 2.05) is 6.92 Å². The number of aliphatic hydroxyl groups is 2. The first-order chi connectivity index (χ1) is 9.52. The van der Waals surface area contributed by atoms with Crippen molar-refractivity contribution in [2.75, 3.05) is 0 Å². The van der Waals surface area contributed by atoms with Crippen molar-refractivity contribution in [3.63, 3.8) is 0 Å². The summed E-state index contributed by atoms with van der Waals surface area (Å²) in [6, 6.07) is 1.77. The molecule has 0 spiro atoms. The molecule has 2 aromatic rings. The highest BCUT2D eigenvalue weighted by atomic mass is 16.6. The Bertz CT molecular complexity index is 692. The second-order valence-corrected chi connectivity index (χ2v) is 5.12. The standard InChI is InChI=1S/C13H17N3O4/c1-3-8-10(17)11(18)13(20-8)16-5-14-9-7(16)4-6(2)15-12(9)19/h4-5,8,10-11,13,17-18H,3H2,1-2H3,(H,15,19)/t8-,10?,11+,13-/m1/s1. The van der Waals surface area contributed by atoms with E-state index in [0.717, 1.165) is 0 Å². The third kappa shape index (κ3) is 1.86. The Morgan fingerprint density at radius 1 is 1.45 bits per heavy atom. The molecule has 1 unspecified atom stereocenters. The van der Waals surface area contributed by atoms with Crippen LogP contribution in [0, 0.1) is 6.92 Å². The van der Waals surface area contributed by atoms with Gasteiger partial charge in [-0.05, 0) is 19.4 Å². The molecular formula is C13H17N3O4. The molecule has 7 nitrogen and oxygen atoms in total. The summed E-state index contributed by atoms with van der Waals surface area (Å²) in [5, 5.41) is 20.1. The fourth-order valence-electron chi connectivity index (χ4n) is 2.67. The fraction of sp³-hybridized carbons (Fsp3) is 0.538. The summed E-state index contributed by atoms with van der Waals surface area (Å²) in [6.07, 6.45) is -1.09. The van der Waals surface area contributed by atoms with Crippen LogP contribution in [0.3, 0.4) is 0 Å². The number of aromatic nitrogens is 3. The van der Waals surface area contributed by atoms with E-state index in [2.05, 4.69) is 9.97 Å². The van der Waals surface area contributed by atoms with Gasteiger partial charge in [-0.2, -0.15) is 0 Å². The lowest BCUT2D eigenvalue weighted by molar-refractivity contribution is -0.0352. The molecule has 1 aliphatic heterocycles. The molecule has 0 aromatic carbocycles. The molecule has 0 aliphatic carbocycles. The maximum Gasteiger partial charge on any atom is 0.276 e. The third-order valence-electron chi connectivity index (χ3n) is 3.72. The fourth-order valence-corrected chi connectivity index (χ4v) is 2.67. The summed E-state index contributed by atoms with van der Waals surface area (Å²) in [6.45, 7) is 3.65. The molecule has 0 radical (unpaired) electrons. The molecule has 2 aromatic heterocycles. The first kappa shape index (κ1) is 13.3. The Morgan fingerprint density at radius 3 is 2.85 bits per heavy atom. The number of hydrogen-bond donors (Lipinski definition) is 3. The number of pyridine rings is 1. The second kappa shape index (κ2) is 4.69. The van der Waals surface area contributed by atoms with Crippen LogP contribution in [0.15, 0.2) is 17.2 Å². The maximum atomic E-state index is 11.8. The molecule has 0 bridgehead atoms. The number of nitrogens with zero attached hydrogens (tertiary/aromatic N) is 2. The van der Waals surface area contributed by atoms with Crippen molar-refractivity contribution >= 4 is 11.0 Å². The predicted molar refractivity (Wildman–Crippen MR) is 71.3 cm³/mol. The number of hydrogen-bond acceptors (Lipinski definition) is 5. The Kier molecular flexibility index (Phi) is 3.12. The molecule has 3 heterocycles. The lowest BCUT2D eigenvalue weighted by atomic mass is 10.1. The number of fused-ring (bicyclic) bond motifs is 1. The average molecular weight is 279 g/mol. The van der Waals surface area contributed by atoms with E-state index in [4.69, 9.17) is 4.74 Å². The van der Waals surface area contributed by atoms with Gasteiger partial charge in [0, 0.05) is 5.69 Å². The first-order valence-electron chi connectivity index (χ1n) is 6.61. The van der Waals surface area contributed by atoms with Gasteiger partial charge in [-0.25, -0.2) is 4.98 Å². The zero-order valence-electron chi connectivity index (χ0n) is 11.3. The van der Waals surface area contributed by atoms with Crippen molar-refractivity contribution in [1.82, 2.24) is 14.5 Å². The Hall–Kier alpha value is -1.70. The van der Waals surface area contributed by atoms with Gasteiger partial charge in [-0.1, -0.05) is 6.92 Å². The van der Waals surface area contributed by atoms with Gasteiger partial charge in [0.15, 0.2) is 11.7 Å². The van der Waals surface area contributed by atoms with Crippen LogP contribution >= 0.6 is 0 Å². The monoisotopic (exact) mass is 279 g/mol. The summed E-state index contributed by atoms with van der Waals surface area (Å²) in [4.78, 5) is 18.5. The van der Waals surface area contributed by atoms with Gasteiger partial charge in [-0.3, -0.25) is 4.79 Å². The summed E-state index contributed by atoms with van der Waals surface area (Å²) in [7, 11) is 0. The molecule has 0 saturated carbocycles. The Morgan fingerprint density at radius 2 is 2.20 bits per heavy atom. The van der Waals surface area contributed by atoms with E-state index < -0.39 is 24.5 Å². The zero-order valence-corrected chi connectivity index (χ0v) is 11.3. The number of imidazole rings is 1. The summed E-state index contributed by atoms with van der Waals surface area (Å²) in [5.74, 6) is 0. The lowest BCUT2D eigenvalue weighted by Gasteiger charge is -2.17. The summed E-state index contributed by atoms with van der Waals surface area (Å²) >= 11 is 0. The molecule has 3 N–H and O–H groups in total. The van der Waals surface area contributed by atoms with E-state index in [-0.39, 0.29) is 5.56 Å². The van der Waals surface area contributed by atoms with Crippen molar-refractivity contribution in [3.05, 3.63) is 28.4 Å². The number of H-pyrrole nitrogens is 1. The van der Waals surface area contributed by atoms with Gasteiger partial charge >= 0.3 is 0 Å². The molecule has 0 amide bonds. The molecule has 3 rings (SSSR count). The zero-order chi connectivity index (χ0) is 14.4. The van der Waals surface area contributed by atoms with Gasteiger partial charge in [-0.15, -0.1) is 0 Å². The van der Waals surface area contributed by atoms with Crippen molar-refractivity contribution in [2.45, 2.75) is 44.8 Å². The summed E-state index contributed by atoms with van der Waals surface area (Å²) < 4.78 is 7.28. The Labute approximate surface area is 114 Å². The SMILES string of the molecule is CC[C@H]1O[C@@H](n2cnc3c(=O)[nH]c(C)cc32)[C@@H](O)C1O. The van der Waals surface area contributed by atoms with Gasteiger partial charge in [0.1, 0.15) is 12.2 Å². The highest BCUT2D eigenvalue weighted by Crippen LogP contribution is 2.32. The minimum absolute atomic E-state index is 0.279. The van der Waals surface area contributed by atoms with Gasteiger partial charge in [0.25, 0.3) is 5.56 Å². The lowest BCUT2D eigenvalue weighted by Crippen LogP contribution is -2.31. The normalized spacial score (nSPS) is 30.2. The Balaban J connectivity index is 2.09. The van der Waals surface area contributed by atoms with Crippen LogP contribution < -0.4 is 5.56 Å². The number of nitrogens with one attached hydrogen (secondary N) is 1. The van der Waals surface area contributed by atoms with Crippen molar-refractivity contribution in [1.29, 1.82) is 0 Å². The van der Waals surface area contributed by atoms with Crippen molar-refractivity contribution < 1.29 is 14.9 Å². The number of aromatic amines is 1. The number of aliphatic hydroxyl groups excluding tert-OH is 2. The predicted octanol–water partition coefficient (Wildman–Crippen LogP) is 0.0622. The number of aryl methyl sites for hydroxylation is 1. The van der Waals surface area contributed by atoms with Crippen molar-refractivity contribution in [3.8, 4) is 0 Å². The molecule has 7 heteroatoms. The van der Waals surface area contributed by atoms with E-state index in [9.17, 15) is 15.0 Å². The minimum Gasteiger partial charge on any atom is -0.388 e. The van der Waals surface area contributed by atoms with Crippen LogP contribution in [0.25, 0.3) is 11.0 Å². The number of ether oxygens (including phenoxy) is 1. The van der Waals surface area contributed by atoms with Crippen LogP contribution in [0.5, 0.6) is 0 Å². The molecule has 4 atom stereocenters. The topological polar surface area (TPSA) is 100 Å². The molecule has 20 heavy (non-hydrogen) atoms. The van der Waals surface area contributed by atoms with Crippen LogP contribution in [0.4, 0.5) is 0 Å². The molecular weight excluding hydrogens is 262 g/mol. The quantitative estimate of drug-likeness (QED) is 0.722. The van der Waals surface area contributed by atoms with Crippen LogP contribution in [0.2, 0.25) is 0 Å². The van der Waals surface area contributed by atoms with E-state index in [0.29, 0.717) is 23.1 Å². The minimum atomic E-state index is -1.04. The summed E-state index contributed by atoms with van der Waals surface area (Å²) in [5.41, 5.74) is 1.29. The van der Waals surface area contributed by atoms with Crippen LogP contribution in [-0.2, 0) is 4.74 Å². The van der Waals surface area contributed by atoms with Gasteiger partial charge in [0.2, 0.25) is 0 Å². The maximum absolute atomic E-state index is 11.8. The van der Waals surface area contributed by atoms with E-state index in [1.165, 1.54) is 6.33 Å². The molecule has 1 saturated heterocycles. The van der Waals surface area contributed by atoms with E-state index in [1.54, 1.807) is 17.6 Å². The van der Waals surface area contributed by atoms with Crippen LogP contribution in [0.1, 0.15) is 25.3 Å². The highest BCUT2D eigenvalue weighted by molar-refractivity contribution is 5.74. The van der Waals surface area contributed by atoms with Gasteiger partial charge in [0.05, 0.1) is 17.9 Å². The van der Waals surface area contributed by atoms with Gasteiger partial charge < -0.3 is 24.5 Å². The van der Waals surface area contributed by atoms with Crippen LogP contribution in [-0.4, -0.2) is 43.1 Å². The highest BCUT2D eigenvalue weighted by Gasteiger charge is 2.43. The smallest absolute Gasteiger partial charge is 0.276 e. The largest absolute Gasteiger partial charge is 0.388 e.